The zero-order chi connectivity index (χ0) is 14.7. The molecule has 3 heteroatoms. The van der Waals surface area contributed by atoms with Crippen LogP contribution >= 0.6 is 11.3 Å². The third-order valence-electron chi connectivity index (χ3n) is 3.78. The molecule has 2 nitrogen and oxygen atoms in total. The first-order chi connectivity index (χ1) is 10.2. The van der Waals surface area contributed by atoms with Crippen molar-refractivity contribution in [2.45, 2.75) is 39.4 Å². The zero-order valence-electron chi connectivity index (χ0n) is 12.7. The molecule has 0 radical (unpaired) electrons. The van der Waals surface area contributed by atoms with Crippen molar-refractivity contribution in [3.8, 4) is 0 Å². The minimum Gasteiger partial charge on any atom is -0.347 e. The highest BCUT2D eigenvalue weighted by Gasteiger charge is 2.06. The Morgan fingerprint density at radius 1 is 1.14 bits per heavy atom. The van der Waals surface area contributed by atoms with Gasteiger partial charge in [-0.25, -0.2) is 0 Å². The summed E-state index contributed by atoms with van der Waals surface area (Å²) in [6, 6.07) is 13.7. The van der Waals surface area contributed by atoms with E-state index in [4.69, 9.17) is 0 Å². The normalized spacial score (nSPS) is 11.6. The Morgan fingerprint density at radius 3 is 2.81 bits per heavy atom. The van der Waals surface area contributed by atoms with Crippen molar-refractivity contribution in [3.05, 3.63) is 58.4 Å². The molecular formula is C18H22N2S. The number of fused-ring (bicyclic) bond motifs is 1. The molecule has 1 N–H and O–H groups in total. The summed E-state index contributed by atoms with van der Waals surface area (Å²) in [6.45, 7) is 6.35. The molecule has 0 aliphatic rings. The van der Waals surface area contributed by atoms with Gasteiger partial charge in [0.1, 0.15) is 0 Å². The summed E-state index contributed by atoms with van der Waals surface area (Å²) in [7, 11) is 0. The fourth-order valence-corrected chi connectivity index (χ4v) is 3.33. The van der Waals surface area contributed by atoms with E-state index in [-0.39, 0.29) is 0 Å². The maximum Gasteiger partial charge on any atom is 0.0483 e. The highest BCUT2D eigenvalue weighted by atomic mass is 32.1. The zero-order valence-corrected chi connectivity index (χ0v) is 13.5. The van der Waals surface area contributed by atoms with Gasteiger partial charge in [-0.3, -0.25) is 0 Å². The van der Waals surface area contributed by atoms with E-state index in [1.54, 1.807) is 0 Å². The fraction of sp³-hybridized carbons (Fsp3) is 0.333. The third kappa shape index (κ3) is 3.36. The molecular weight excluding hydrogens is 276 g/mol. The molecule has 2 heterocycles. The predicted molar refractivity (Wildman–Crippen MR) is 91.9 cm³/mol. The number of hydrogen-bond acceptors (Lipinski definition) is 2. The van der Waals surface area contributed by atoms with Crippen LogP contribution in [0.3, 0.4) is 0 Å². The van der Waals surface area contributed by atoms with Crippen LogP contribution in [0.1, 0.15) is 24.3 Å². The van der Waals surface area contributed by atoms with E-state index in [2.05, 4.69) is 71.7 Å². The van der Waals surface area contributed by atoms with Crippen LogP contribution in [-0.2, 0) is 19.5 Å². The number of thiophene rings is 1. The van der Waals surface area contributed by atoms with Gasteiger partial charge in [0, 0.05) is 41.1 Å². The molecule has 110 valence electrons. The van der Waals surface area contributed by atoms with Crippen molar-refractivity contribution in [1.29, 1.82) is 0 Å². The lowest BCUT2D eigenvalue weighted by Crippen LogP contribution is -2.21. The molecule has 3 aromatic rings. The number of benzene rings is 1. The van der Waals surface area contributed by atoms with E-state index in [1.807, 2.05) is 11.3 Å². The highest BCUT2D eigenvalue weighted by Crippen LogP contribution is 2.21. The molecule has 0 aliphatic carbocycles. The van der Waals surface area contributed by atoms with Gasteiger partial charge in [-0.15, -0.1) is 11.3 Å². The number of hydrogen-bond donors (Lipinski definition) is 1. The summed E-state index contributed by atoms with van der Waals surface area (Å²) in [5, 5.41) is 7.03. The Kier molecular flexibility index (Phi) is 4.42. The van der Waals surface area contributed by atoms with Crippen LogP contribution in [0.15, 0.2) is 48.0 Å². The van der Waals surface area contributed by atoms with Gasteiger partial charge >= 0.3 is 0 Å². The second kappa shape index (κ2) is 6.46. The molecule has 0 saturated carbocycles. The average molecular weight is 298 g/mol. The monoisotopic (exact) mass is 298 g/mol. The second-order valence-electron chi connectivity index (χ2n) is 5.72. The number of nitrogens with one attached hydrogen (secondary N) is 1. The molecule has 21 heavy (non-hydrogen) atoms. The van der Waals surface area contributed by atoms with Crippen LogP contribution in [0.2, 0.25) is 0 Å². The van der Waals surface area contributed by atoms with Gasteiger partial charge in [-0.1, -0.05) is 32.0 Å². The number of rotatable bonds is 6. The summed E-state index contributed by atoms with van der Waals surface area (Å²) in [5.74, 6) is 0. The lowest BCUT2D eigenvalue weighted by atomic mass is 10.1. The van der Waals surface area contributed by atoms with Gasteiger partial charge in [0.15, 0.2) is 0 Å². The average Bonchev–Trinajstić information content (AvgIpc) is 3.12. The van der Waals surface area contributed by atoms with Gasteiger partial charge in [0.2, 0.25) is 0 Å². The molecule has 3 rings (SSSR count). The Labute approximate surface area is 130 Å². The van der Waals surface area contributed by atoms with Crippen molar-refractivity contribution < 1.29 is 0 Å². The maximum atomic E-state index is 3.51. The summed E-state index contributed by atoms with van der Waals surface area (Å²) < 4.78 is 2.37. The molecule has 1 aromatic carbocycles. The number of aryl methyl sites for hydroxylation is 2. The van der Waals surface area contributed by atoms with Gasteiger partial charge in [0.25, 0.3) is 0 Å². The SMILES string of the molecule is CC(C)NCc1cccc2c1ccn2CCc1cccs1. The third-order valence-corrected chi connectivity index (χ3v) is 4.72. The van der Waals surface area contributed by atoms with E-state index in [0.717, 1.165) is 19.5 Å². The van der Waals surface area contributed by atoms with Gasteiger partial charge in [-0.2, -0.15) is 0 Å². The van der Waals surface area contributed by atoms with Crippen molar-refractivity contribution in [1.82, 2.24) is 9.88 Å². The minimum absolute atomic E-state index is 0.515. The summed E-state index contributed by atoms with van der Waals surface area (Å²) in [4.78, 5) is 1.45. The lowest BCUT2D eigenvalue weighted by Gasteiger charge is -2.10. The van der Waals surface area contributed by atoms with E-state index in [1.165, 1.54) is 21.3 Å². The lowest BCUT2D eigenvalue weighted by molar-refractivity contribution is 0.590. The standard InChI is InChI=1S/C18H22N2S/c1-14(2)19-13-15-5-3-7-18-17(15)9-11-20(18)10-8-16-6-4-12-21-16/h3-7,9,11-12,14,19H,8,10,13H2,1-2H3. The second-order valence-corrected chi connectivity index (χ2v) is 6.76. The molecule has 0 unspecified atom stereocenters. The molecule has 0 fully saturated rings. The number of aromatic nitrogens is 1. The van der Waals surface area contributed by atoms with E-state index in [9.17, 15) is 0 Å². The van der Waals surface area contributed by atoms with Crippen molar-refractivity contribution in [2.75, 3.05) is 0 Å². The first-order valence-electron chi connectivity index (χ1n) is 7.56. The molecule has 0 saturated heterocycles. The van der Waals surface area contributed by atoms with Gasteiger partial charge < -0.3 is 9.88 Å². The van der Waals surface area contributed by atoms with Crippen molar-refractivity contribution in [2.24, 2.45) is 0 Å². The van der Waals surface area contributed by atoms with Gasteiger partial charge in [-0.05, 0) is 35.6 Å². The first-order valence-corrected chi connectivity index (χ1v) is 8.44. The molecule has 0 spiro atoms. The van der Waals surface area contributed by atoms with Gasteiger partial charge in [0.05, 0.1) is 0 Å². The Bertz CT molecular complexity index is 695. The van der Waals surface area contributed by atoms with Crippen LogP contribution in [0, 0.1) is 0 Å². The molecule has 0 amide bonds. The minimum atomic E-state index is 0.515. The summed E-state index contributed by atoms with van der Waals surface area (Å²) >= 11 is 1.84. The Hall–Kier alpha value is -1.58. The van der Waals surface area contributed by atoms with E-state index < -0.39 is 0 Å². The quantitative estimate of drug-likeness (QED) is 0.711. The Morgan fingerprint density at radius 2 is 2.05 bits per heavy atom. The smallest absolute Gasteiger partial charge is 0.0483 e. The fourth-order valence-electron chi connectivity index (χ4n) is 2.64. The first kappa shape index (κ1) is 14.4. The van der Waals surface area contributed by atoms with Crippen LogP contribution in [0.5, 0.6) is 0 Å². The van der Waals surface area contributed by atoms with Crippen LogP contribution in [0.4, 0.5) is 0 Å². The topological polar surface area (TPSA) is 17.0 Å². The predicted octanol–water partition coefficient (Wildman–Crippen LogP) is 4.44. The molecule has 2 aromatic heterocycles. The van der Waals surface area contributed by atoms with Crippen LogP contribution in [0.25, 0.3) is 10.9 Å². The molecule has 0 bridgehead atoms. The number of nitrogens with zero attached hydrogens (tertiary/aromatic N) is 1. The molecule has 0 atom stereocenters. The van der Waals surface area contributed by atoms with E-state index >= 15 is 0 Å². The van der Waals surface area contributed by atoms with Crippen molar-refractivity contribution in [3.63, 3.8) is 0 Å². The largest absolute Gasteiger partial charge is 0.347 e. The van der Waals surface area contributed by atoms with Crippen molar-refractivity contribution >= 4 is 22.2 Å². The molecule has 0 aliphatic heterocycles. The summed E-state index contributed by atoms with van der Waals surface area (Å²) in [6.07, 6.45) is 3.33. The Balaban J connectivity index is 1.79. The highest BCUT2D eigenvalue weighted by molar-refractivity contribution is 7.09. The maximum absolute atomic E-state index is 3.51. The van der Waals surface area contributed by atoms with E-state index in [0.29, 0.717) is 6.04 Å². The van der Waals surface area contributed by atoms with Crippen LogP contribution < -0.4 is 5.32 Å². The van der Waals surface area contributed by atoms with Crippen LogP contribution in [-0.4, -0.2) is 10.6 Å². The summed E-state index contributed by atoms with van der Waals surface area (Å²) in [5.41, 5.74) is 2.73.